The van der Waals surface area contributed by atoms with Crippen LogP contribution in [-0.4, -0.2) is 11.8 Å². The van der Waals surface area contributed by atoms with Gasteiger partial charge in [-0.25, -0.2) is 0 Å². The highest BCUT2D eigenvalue weighted by molar-refractivity contribution is 6.31. The minimum absolute atomic E-state index is 0.0403. The Morgan fingerprint density at radius 1 is 0.808 bits per heavy atom. The van der Waals surface area contributed by atoms with Crippen molar-refractivity contribution in [1.29, 1.82) is 0 Å². The van der Waals surface area contributed by atoms with Crippen LogP contribution in [0.15, 0.2) is 48.5 Å². The van der Waals surface area contributed by atoms with E-state index in [1.807, 2.05) is 24.3 Å². The van der Waals surface area contributed by atoms with Gasteiger partial charge in [-0.2, -0.15) is 0 Å². The Hall–Kier alpha value is -2.33. The summed E-state index contributed by atoms with van der Waals surface area (Å²) in [6, 6.07) is 14.5. The van der Waals surface area contributed by atoms with E-state index in [1.54, 1.807) is 38.1 Å². The van der Waals surface area contributed by atoms with Gasteiger partial charge in [-0.1, -0.05) is 50.6 Å². The van der Waals surface area contributed by atoms with Crippen molar-refractivity contribution in [2.75, 3.05) is 10.6 Å². The molecular weight excluding hydrogens is 348 g/mol. The SMILES string of the molecule is CC(C)(C(=O)Nc1ccc(C(C)(C)C)cc1)C(=O)Nc1cccc(Cl)c1. The van der Waals surface area contributed by atoms with Gasteiger partial charge in [-0.05, 0) is 55.2 Å². The minimum atomic E-state index is -1.25. The predicted octanol–water partition coefficient (Wildman–Crippen LogP) is 5.24. The largest absolute Gasteiger partial charge is 0.325 e. The number of hydrogen-bond acceptors (Lipinski definition) is 2. The highest BCUT2D eigenvalue weighted by atomic mass is 35.5. The molecule has 0 atom stereocenters. The van der Waals surface area contributed by atoms with Gasteiger partial charge in [0, 0.05) is 16.4 Å². The van der Waals surface area contributed by atoms with Crippen molar-refractivity contribution in [2.45, 2.75) is 40.0 Å². The Kier molecular flexibility index (Phi) is 5.77. The van der Waals surface area contributed by atoms with Crippen molar-refractivity contribution in [2.24, 2.45) is 5.41 Å². The molecular formula is C21H25ClN2O2. The quantitative estimate of drug-likeness (QED) is 0.721. The first-order chi connectivity index (χ1) is 12.0. The van der Waals surface area contributed by atoms with E-state index in [0.29, 0.717) is 16.4 Å². The number of amides is 2. The third-order valence-electron chi connectivity index (χ3n) is 4.23. The summed E-state index contributed by atoms with van der Waals surface area (Å²) in [5.41, 5.74) is 1.18. The Bertz CT molecular complexity index is 806. The molecule has 2 aromatic rings. The second-order valence-corrected chi connectivity index (χ2v) is 8.31. The average molecular weight is 373 g/mol. The predicted molar refractivity (Wildman–Crippen MR) is 108 cm³/mol. The van der Waals surface area contributed by atoms with Gasteiger partial charge in [0.2, 0.25) is 11.8 Å². The monoisotopic (exact) mass is 372 g/mol. The second-order valence-electron chi connectivity index (χ2n) is 7.87. The first kappa shape index (κ1) is 20.0. The molecule has 0 unspecified atom stereocenters. The summed E-state index contributed by atoms with van der Waals surface area (Å²) in [7, 11) is 0. The fraction of sp³-hybridized carbons (Fsp3) is 0.333. The van der Waals surface area contributed by atoms with Gasteiger partial charge in [-0.3, -0.25) is 9.59 Å². The number of carbonyl (C=O) groups excluding carboxylic acids is 2. The highest BCUT2D eigenvalue weighted by Crippen LogP contribution is 2.26. The van der Waals surface area contributed by atoms with Crippen molar-refractivity contribution < 1.29 is 9.59 Å². The van der Waals surface area contributed by atoms with Crippen LogP contribution in [0.4, 0.5) is 11.4 Å². The molecule has 0 bridgehead atoms. The van der Waals surface area contributed by atoms with Crippen molar-refractivity contribution in [3.05, 3.63) is 59.1 Å². The van der Waals surface area contributed by atoms with Crippen LogP contribution in [0.25, 0.3) is 0 Å². The highest BCUT2D eigenvalue weighted by Gasteiger charge is 2.36. The Balaban J connectivity index is 2.08. The van der Waals surface area contributed by atoms with Crippen LogP contribution in [0.5, 0.6) is 0 Å². The molecule has 0 fully saturated rings. The van der Waals surface area contributed by atoms with E-state index in [-0.39, 0.29) is 11.3 Å². The van der Waals surface area contributed by atoms with E-state index < -0.39 is 11.3 Å². The summed E-state index contributed by atoms with van der Waals surface area (Å²) in [5.74, 6) is -0.774. The first-order valence-electron chi connectivity index (χ1n) is 8.49. The standard InChI is InChI=1S/C21H25ClN2O2/c1-20(2,3)14-9-11-16(12-10-14)23-18(25)21(4,5)19(26)24-17-8-6-7-15(22)13-17/h6-13H,1-5H3,(H,23,25)(H,24,26). The summed E-state index contributed by atoms with van der Waals surface area (Å²) < 4.78 is 0. The molecule has 4 nitrogen and oxygen atoms in total. The molecule has 2 amide bonds. The number of rotatable bonds is 4. The summed E-state index contributed by atoms with van der Waals surface area (Å²) in [4.78, 5) is 25.2. The van der Waals surface area contributed by atoms with E-state index in [4.69, 9.17) is 11.6 Å². The van der Waals surface area contributed by atoms with Crippen LogP contribution in [0, 0.1) is 5.41 Å². The topological polar surface area (TPSA) is 58.2 Å². The lowest BCUT2D eigenvalue weighted by molar-refractivity contribution is -0.135. The van der Waals surface area contributed by atoms with E-state index in [0.717, 1.165) is 0 Å². The van der Waals surface area contributed by atoms with E-state index in [9.17, 15) is 9.59 Å². The van der Waals surface area contributed by atoms with Crippen molar-refractivity contribution in [1.82, 2.24) is 0 Å². The van der Waals surface area contributed by atoms with Crippen LogP contribution in [-0.2, 0) is 15.0 Å². The molecule has 2 rings (SSSR count). The third-order valence-corrected chi connectivity index (χ3v) is 4.46. The van der Waals surface area contributed by atoms with Gasteiger partial charge in [0.25, 0.3) is 0 Å². The van der Waals surface area contributed by atoms with Gasteiger partial charge in [0.15, 0.2) is 0 Å². The lowest BCUT2D eigenvalue weighted by Gasteiger charge is -2.23. The fourth-order valence-corrected chi connectivity index (χ4v) is 2.49. The summed E-state index contributed by atoms with van der Waals surface area (Å²) in [6.07, 6.45) is 0. The zero-order chi connectivity index (χ0) is 19.5. The molecule has 138 valence electrons. The molecule has 0 heterocycles. The molecule has 0 aliphatic carbocycles. The number of anilines is 2. The smallest absolute Gasteiger partial charge is 0.239 e. The van der Waals surface area contributed by atoms with Gasteiger partial charge in [0.05, 0.1) is 0 Å². The molecule has 0 radical (unpaired) electrons. The molecule has 0 saturated heterocycles. The van der Waals surface area contributed by atoms with E-state index in [2.05, 4.69) is 31.4 Å². The normalized spacial score (nSPS) is 11.8. The zero-order valence-corrected chi connectivity index (χ0v) is 16.6. The van der Waals surface area contributed by atoms with Crippen molar-refractivity contribution >= 4 is 34.8 Å². The Morgan fingerprint density at radius 2 is 1.35 bits per heavy atom. The molecule has 26 heavy (non-hydrogen) atoms. The van der Waals surface area contributed by atoms with Crippen LogP contribution in [0.3, 0.4) is 0 Å². The minimum Gasteiger partial charge on any atom is -0.325 e. The number of carbonyl (C=O) groups is 2. The van der Waals surface area contributed by atoms with Crippen LogP contribution < -0.4 is 10.6 Å². The number of nitrogens with one attached hydrogen (secondary N) is 2. The molecule has 2 aromatic carbocycles. The molecule has 0 aliphatic rings. The maximum absolute atomic E-state index is 12.6. The van der Waals surface area contributed by atoms with Crippen molar-refractivity contribution in [3.8, 4) is 0 Å². The lowest BCUT2D eigenvalue weighted by Crippen LogP contribution is -2.41. The first-order valence-corrected chi connectivity index (χ1v) is 8.87. The molecule has 2 N–H and O–H groups in total. The number of benzene rings is 2. The molecule has 0 spiro atoms. The van der Waals surface area contributed by atoms with Gasteiger partial charge >= 0.3 is 0 Å². The van der Waals surface area contributed by atoms with Crippen LogP contribution in [0.2, 0.25) is 5.02 Å². The summed E-state index contributed by atoms with van der Waals surface area (Å²) >= 11 is 5.93. The number of halogens is 1. The van der Waals surface area contributed by atoms with Gasteiger partial charge in [-0.15, -0.1) is 0 Å². The molecule has 0 aliphatic heterocycles. The van der Waals surface area contributed by atoms with Crippen molar-refractivity contribution in [3.63, 3.8) is 0 Å². The average Bonchev–Trinajstić information content (AvgIpc) is 2.54. The maximum Gasteiger partial charge on any atom is 0.239 e. The molecule has 0 saturated carbocycles. The van der Waals surface area contributed by atoms with E-state index >= 15 is 0 Å². The molecule has 5 heteroatoms. The van der Waals surface area contributed by atoms with Gasteiger partial charge < -0.3 is 10.6 Å². The summed E-state index contributed by atoms with van der Waals surface area (Å²) in [6.45, 7) is 9.56. The Labute approximate surface area is 159 Å². The lowest BCUT2D eigenvalue weighted by atomic mass is 9.87. The van der Waals surface area contributed by atoms with Crippen LogP contribution >= 0.6 is 11.6 Å². The van der Waals surface area contributed by atoms with Crippen LogP contribution in [0.1, 0.15) is 40.2 Å². The van der Waals surface area contributed by atoms with E-state index in [1.165, 1.54) is 5.56 Å². The van der Waals surface area contributed by atoms with Gasteiger partial charge in [0.1, 0.15) is 5.41 Å². The zero-order valence-electron chi connectivity index (χ0n) is 15.8. The second kappa shape index (κ2) is 7.50. The molecule has 0 aromatic heterocycles. The third kappa shape index (κ3) is 4.85. The maximum atomic E-state index is 12.6. The summed E-state index contributed by atoms with van der Waals surface area (Å²) in [5, 5.41) is 6.07. The fourth-order valence-electron chi connectivity index (χ4n) is 2.30. The number of hydrogen-bond donors (Lipinski definition) is 2. The Morgan fingerprint density at radius 3 is 1.85 bits per heavy atom.